The molecular weight excluding hydrogens is 323 g/mol. The van der Waals surface area contributed by atoms with Crippen molar-refractivity contribution in [1.82, 2.24) is 14.9 Å². The highest BCUT2D eigenvalue weighted by molar-refractivity contribution is 5.90. The van der Waals surface area contributed by atoms with Crippen molar-refractivity contribution < 1.29 is 17.6 Å². The zero-order chi connectivity index (χ0) is 17.3. The quantitative estimate of drug-likeness (QED) is 0.931. The van der Waals surface area contributed by atoms with Crippen molar-refractivity contribution in [2.45, 2.75) is 19.6 Å². The molecule has 0 aromatic carbocycles. The smallest absolute Gasteiger partial charge is 0.417 e. The molecule has 0 unspecified atom stereocenters. The molecule has 1 aliphatic rings. The topological polar surface area (TPSA) is 80.5 Å². The fourth-order valence-corrected chi connectivity index (χ4v) is 2.32. The number of hydrogen-bond acceptors (Lipinski definition) is 6. The molecule has 126 valence electrons. The predicted octanol–water partition coefficient (Wildman–Crippen LogP) is 2.65. The molecule has 0 amide bonds. The van der Waals surface area contributed by atoms with Crippen molar-refractivity contribution in [2.24, 2.45) is 10.7 Å². The number of pyridine rings is 1. The molecule has 1 aliphatic heterocycles. The van der Waals surface area contributed by atoms with E-state index >= 15 is 0 Å². The minimum Gasteiger partial charge on any atom is -0.443 e. The normalized spacial score (nSPS) is 15.7. The summed E-state index contributed by atoms with van der Waals surface area (Å²) in [6.07, 6.45) is -0.651. The lowest BCUT2D eigenvalue weighted by atomic mass is 10.2. The van der Waals surface area contributed by atoms with E-state index in [9.17, 15) is 13.2 Å². The second-order valence-electron chi connectivity index (χ2n) is 5.27. The number of alkyl halides is 3. The lowest BCUT2D eigenvalue weighted by molar-refractivity contribution is -0.137. The first-order chi connectivity index (χ1) is 11.3. The Morgan fingerprint density at radius 2 is 2.08 bits per heavy atom. The van der Waals surface area contributed by atoms with Crippen LogP contribution in [0, 0.1) is 0 Å². The van der Waals surface area contributed by atoms with Gasteiger partial charge in [0.2, 0.25) is 5.89 Å². The summed E-state index contributed by atoms with van der Waals surface area (Å²) in [4.78, 5) is 14.0. The standard InChI is InChI=1S/C15H14F3N5O/c1-9-13(14-20-4-5-24-14)22-12(19)8-23(9)7-11-3-2-10(6-21-11)15(16,17)18/h2-6H,7-8H2,1H3,(H2,19,22). The van der Waals surface area contributed by atoms with E-state index in [4.69, 9.17) is 10.2 Å². The van der Waals surface area contributed by atoms with Crippen LogP contribution in [0.15, 0.2) is 45.9 Å². The largest absolute Gasteiger partial charge is 0.443 e. The van der Waals surface area contributed by atoms with Gasteiger partial charge in [-0.25, -0.2) is 9.98 Å². The Morgan fingerprint density at radius 1 is 1.29 bits per heavy atom. The van der Waals surface area contributed by atoms with E-state index in [1.807, 2.05) is 11.8 Å². The Hall–Kier alpha value is -2.84. The molecule has 0 saturated carbocycles. The van der Waals surface area contributed by atoms with Gasteiger partial charge < -0.3 is 15.1 Å². The van der Waals surface area contributed by atoms with Crippen molar-refractivity contribution in [1.29, 1.82) is 0 Å². The molecule has 0 fully saturated rings. The average molecular weight is 337 g/mol. The second kappa shape index (κ2) is 5.99. The Bertz CT molecular complexity index is 778. The number of aliphatic imine (C=N–C) groups is 1. The van der Waals surface area contributed by atoms with E-state index in [2.05, 4.69) is 15.0 Å². The molecule has 0 bridgehead atoms. The van der Waals surface area contributed by atoms with Crippen LogP contribution in [0.2, 0.25) is 0 Å². The van der Waals surface area contributed by atoms with Crippen LogP contribution in [0.3, 0.4) is 0 Å². The number of aromatic nitrogens is 2. The number of halogens is 3. The van der Waals surface area contributed by atoms with Crippen molar-refractivity contribution >= 4 is 11.5 Å². The van der Waals surface area contributed by atoms with Crippen molar-refractivity contribution in [3.63, 3.8) is 0 Å². The van der Waals surface area contributed by atoms with E-state index in [-0.39, 0.29) is 0 Å². The number of hydrogen-bond donors (Lipinski definition) is 1. The summed E-state index contributed by atoms with van der Waals surface area (Å²) >= 11 is 0. The van der Waals surface area contributed by atoms with Crippen LogP contribution in [0.5, 0.6) is 0 Å². The molecule has 24 heavy (non-hydrogen) atoms. The molecule has 9 heteroatoms. The summed E-state index contributed by atoms with van der Waals surface area (Å²) in [7, 11) is 0. The van der Waals surface area contributed by atoms with Gasteiger partial charge in [-0.05, 0) is 19.1 Å². The Morgan fingerprint density at radius 3 is 2.67 bits per heavy atom. The maximum atomic E-state index is 12.6. The van der Waals surface area contributed by atoms with E-state index in [1.165, 1.54) is 18.5 Å². The molecule has 0 saturated heterocycles. The summed E-state index contributed by atoms with van der Waals surface area (Å²) < 4.78 is 43.0. The van der Waals surface area contributed by atoms with Gasteiger partial charge in [0, 0.05) is 11.9 Å². The van der Waals surface area contributed by atoms with Crippen LogP contribution >= 0.6 is 0 Å². The minimum absolute atomic E-state index is 0.296. The molecule has 0 spiro atoms. The zero-order valence-corrected chi connectivity index (χ0v) is 12.7. The van der Waals surface area contributed by atoms with Gasteiger partial charge in [0.05, 0.1) is 30.5 Å². The summed E-state index contributed by atoms with van der Waals surface area (Å²) in [5.74, 6) is 0.696. The third-order valence-electron chi connectivity index (χ3n) is 3.57. The van der Waals surface area contributed by atoms with Gasteiger partial charge in [-0.2, -0.15) is 13.2 Å². The van der Waals surface area contributed by atoms with Crippen molar-refractivity contribution in [3.05, 3.63) is 53.6 Å². The fraction of sp³-hybridized carbons (Fsp3) is 0.267. The van der Waals surface area contributed by atoms with Crippen LogP contribution in [-0.4, -0.2) is 27.2 Å². The number of amidine groups is 1. The second-order valence-corrected chi connectivity index (χ2v) is 5.27. The third kappa shape index (κ3) is 3.24. The predicted molar refractivity (Wildman–Crippen MR) is 80.4 cm³/mol. The highest BCUT2D eigenvalue weighted by atomic mass is 19.4. The summed E-state index contributed by atoms with van der Waals surface area (Å²) in [5.41, 5.74) is 6.82. The third-order valence-corrected chi connectivity index (χ3v) is 3.57. The maximum Gasteiger partial charge on any atom is 0.417 e. The van der Waals surface area contributed by atoms with Crippen LogP contribution in [0.4, 0.5) is 13.2 Å². The van der Waals surface area contributed by atoms with Gasteiger partial charge >= 0.3 is 6.18 Å². The molecule has 3 rings (SSSR count). The number of allylic oxidation sites excluding steroid dienone is 1. The SMILES string of the molecule is CC1=C(c2ncco2)N=C(N)CN1Cc1ccc(C(F)(F)F)cn1. The van der Waals surface area contributed by atoms with E-state index in [0.717, 1.165) is 18.0 Å². The monoisotopic (exact) mass is 337 g/mol. The highest BCUT2D eigenvalue weighted by Gasteiger charge is 2.30. The van der Waals surface area contributed by atoms with Crippen molar-refractivity contribution in [3.8, 4) is 0 Å². The summed E-state index contributed by atoms with van der Waals surface area (Å²) in [6, 6.07) is 2.36. The van der Waals surface area contributed by atoms with Crippen LogP contribution < -0.4 is 5.73 Å². The molecule has 2 N–H and O–H groups in total. The number of oxazole rings is 1. The molecule has 6 nitrogen and oxygen atoms in total. The molecule has 0 atom stereocenters. The molecule has 0 aliphatic carbocycles. The lowest BCUT2D eigenvalue weighted by Crippen LogP contribution is -2.36. The minimum atomic E-state index is -4.40. The van der Waals surface area contributed by atoms with Crippen LogP contribution in [0.25, 0.3) is 5.70 Å². The van der Waals surface area contributed by atoms with Crippen LogP contribution in [0.1, 0.15) is 24.1 Å². The number of nitrogens with two attached hydrogens (primary N) is 1. The maximum absolute atomic E-state index is 12.6. The van der Waals surface area contributed by atoms with Gasteiger partial charge in [-0.3, -0.25) is 4.98 Å². The Labute approximate surface area is 135 Å². The van der Waals surface area contributed by atoms with Crippen molar-refractivity contribution in [2.75, 3.05) is 6.54 Å². The molecular formula is C15H14F3N5O. The van der Waals surface area contributed by atoms with Gasteiger partial charge in [-0.1, -0.05) is 0 Å². The van der Waals surface area contributed by atoms with E-state index in [1.54, 1.807) is 0 Å². The molecule has 3 heterocycles. The fourth-order valence-electron chi connectivity index (χ4n) is 2.32. The highest BCUT2D eigenvalue weighted by Crippen LogP contribution is 2.29. The lowest BCUT2D eigenvalue weighted by Gasteiger charge is -2.29. The van der Waals surface area contributed by atoms with Gasteiger partial charge in [0.1, 0.15) is 17.8 Å². The molecule has 0 radical (unpaired) electrons. The van der Waals surface area contributed by atoms with E-state index in [0.29, 0.717) is 36.2 Å². The number of rotatable bonds is 3. The Kier molecular flexibility index (Phi) is 4.00. The molecule has 2 aromatic rings. The van der Waals surface area contributed by atoms with Gasteiger partial charge in [0.15, 0.2) is 0 Å². The zero-order valence-electron chi connectivity index (χ0n) is 12.7. The first-order valence-electron chi connectivity index (χ1n) is 7.05. The summed E-state index contributed by atoms with van der Waals surface area (Å²) in [6.45, 7) is 2.46. The summed E-state index contributed by atoms with van der Waals surface area (Å²) in [5, 5.41) is 0. The van der Waals surface area contributed by atoms with Crippen LogP contribution in [-0.2, 0) is 12.7 Å². The first-order valence-corrected chi connectivity index (χ1v) is 7.05. The molecule has 2 aromatic heterocycles. The van der Waals surface area contributed by atoms with Gasteiger partial charge in [-0.15, -0.1) is 0 Å². The Balaban J connectivity index is 1.84. The average Bonchev–Trinajstić information content (AvgIpc) is 3.04. The van der Waals surface area contributed by atoms with Gasteiger partial charge in [0.25, 0.3) is 0 Å². The first kappa shape index (κ1) is 16.0. The van der Waals surface area contributed by atoms with E-state index < -0.39 is 11.7 Å². The number of nitrogens with zero attached hydrogens (tertiary/aromatic N) is 4.